The van der Waals surface area contributed by atoms with Gasteiger partial charge in [0, 0.05) is 41.3 Å². The average Bonchev–Trinajstić information content (AvgIpc) is 3.32. The molecule has 2 aliphatic rings. The zero-order valence-corrected chi connectivity index (χ0v) is 19.9. The standard InChI is InChI=1S/C20H16N6OS.C5H11N/c27-11-19-25-26-20(28-19)15-10-22-18(9-17(15)23-13-3-4-13)24-14-5-6-16-12(8-14)2-1-7-21-16;1-6-4-2-3-5-6/h1-2,5-11,13H,3-4H2,(H2,22,23,24);2-5H2,1H3. The van der Waals surface area contributed by atoms with Crippen LogP contribution in [-0.4, -0.2) is 57.5 Å². The Morgan fingerprint density at radius 1 is 1.09 bits per heavy atom. The minimum atomic E-state index is 0.361. The fourth-order valence-electron chi connectivity index (χ4n) is 3.83. The highest BCUT2D eigenvalue weighted by Gasteiger charge is 2.23. The molecule has 9 heteroatoms. The molecule has 0 bridgehead atoms. The molecule has 174 valence electrons. The lowest BCUT2D eigenvalue weighted by molar-refractivity contribution is 0.112. The van der Waals surface area contributed by atoms with Crippen molar-refractivity contribution < 1.29 is 4.79 Å². The average molecular weight is 474 g/mol. The molecule has 2 fully saturated rings. The summed E-state index contributed by atoms with van der Waals surface area (Å²) in [5, 5.41) is 17.0. The van der Waals surface area contributed by atoms with Crippen LogP contribution in [-0.2, 0) is 0 Å². The molecule has 8 nitrogen and oxygen atoms in total. The molecule has 1 aliphatic heterocycles. The Labute approximate surface area is 202 Å². The third-order valence-electron chi connectivity index (χ3n) is 5.82. The maximum atomic E-state index is 10.9. The van der Waals surface area contributed by atoms with Crippen LogP contribution in [0.3, 0.4) is 0 Å². The molecule has 1 saturated carbocycles. The molecule has 4 aromatic rings. The van der Waals surface area contributed by atoms with E-state index in [0.717, 1.165) is 46.5 Å². The number of carbonyl (C=O) groups excluding carboxylic acids is 1. The zero-order valence-electron chi connectivity index (χ0n) is 19.1. The molecule has 0 radical (unpaired) electrons. The Kier molecular flexibility index (Phi) is 6.73. The highest BCUT2D eigenvalue weighted by molar-refractivity contribution is 7.16. The maximum Gasteiger partial charge on any atom is 0.180 e. The number of anilines is 3. The van der Waals surface area contributed by atoms with Gasteiger partial charge in [-0.2, -0.15) is 0 Å². The number of fused-ring (bicyclic) bond motifs is 1. The summed E-state index contributed by atoms with van der Waals surface area (Å²) in [5.74, 6) is 0.732. The minimum Gasteiger partial charge on any atom is -0.382 e. The van der Waals surface area contributed by atoms with E-state index in [2.05, 4.69) is 42.7 Å². The third kappa shape index (κ3) is 5.55. The van der Waals surface area contributed by atoms with Gasteiger partial charge in [-0.05, 0) is 70.1 Å². The minimum absolute atomic E-state index is 0.361. The molecule has 0 atom stereocenters. The Bertz CT molecular complexity index is 1280. The Hall–Kier alpha value is -3.43. The van der Waals surface area contributed by atoms with Gasteiger partial charge in [0.15, 0.2) is 16.3 Å². The van der Waals surface area contributed by atoms with Crippen molar-refractivity contribution >= 4 is 45.7 Å². The highest BCUT2D eigenvalue weighted by Crippen LogP contribution is 2.35. The quantitative estimate of drug-likeness (QED) is 0.378. The Morgan fingerprint density at radius 3 is 2.65 bits per heavy atom. The van der Waals surface area contributed by atoms with Crippen LogP contribution in [0.4, 0.5) is 17.2 Å². The number of pyridine rings is 2. The lowest BCUT2D eigenvalue weighted by Gasteiger charge is -2.12. The number of hydrogen-bond donors (Lipinski definition) is 2. The monoisotopic (exact) mass is 473 g/mol. The van der Waals surface area contributed by atoms with Crippen molar-refractivity contribution in [2.24, 2.45) is 0 Å². The summed E-state index contributed by atoms with van der Waals surface area (Å²) in [6, 6.07) is 12.4. The first kappa shape index (κ1) is 22.4. The molecule has 34 heavy (non-hydrogen) atoms. The van der Waals surface area contributed by atoms with E-state index in [1.165, 1.54) is 37.3 Å². The van der Waals surface area contributed by atoms with Gasteiger partial charge in [-0.3, -0.25) is 9.78 Å². The van der Waals surface area contributed by atoms with Gasteiger partial charge in [0.2, 0.25) is 0 Å². The summed E-state index contributed by atoms with van der Waals surface area (Å²) >= 11 is 1.26. The van der Waals surface area contributed by atoms with Gasteiger partial charge in [-0.1, -0.05) is 17.4 Å². The van der Waals surface area contributed by atoms with Crippen molar-refractivity contribution in [1.29, 1.82) is 0 Å². The molecule has 0 spiro atoms. The van der Waals surface area contributed by atoms with E-state index in [-0.39, 0.29) is 0 Å². The first-order valence-corrected chi connectivity index (χ1v) is 12.4. The molecule has 0 unspecified atom stereocenters. The van der Waals surface area contributed by atoms with Crippen molar-refractivity contribution in [3.8, 4) is 10.6 Å². The van der Waals surface area contributed by atoms with Crippen LogP contribution in [0.1, 0.15) is 35.5 Å². The summed E-state index contributed by atoms with van der Waals surface area (Å²) in [6.45, 7) is 2.64. The summed E-state index contributed by atoms with van der Waals surface area (Å²) in [5.41, 5.74) is 3.69. The second kappa shape index (κ2) is 10.2. The van der Waals surface area contributed by atoms with Crippen LogP contribution in [0, 0.1) is 0 Å². The predicted octanol–water partition coefficient (Wildman–Crippen LogP) is 4.99. The van der Waals surface area contributed by atoms with Gasteiger partial charge in [-0.25, -0.2) is 4.98 Å². The Balaban J connectivity index is 0.000000351. The zero-order chi connectivity index (χ0) is 23.3. The first-order chi connectivity index (χ1) is 16.7. The topological polar surface area (TPSA) is 95.9 Å². The van der Waals surface area contributed by atoms with Crippen LogP contribution < -0.4 is 10.6 Å². The number of nitrogens with zero attached hydrogens (tertiary/aromatic N) is 5. The fraction of sp³-hybridized carbons (Fsp3) is 0.320. The molecule has 0 amide bonds. The second-order valence-electron chi connectivity index (χ2n) is 8.64. The fourth-order valence-corrected chi connectivity index (χ4v) is 4.51. The number of nitrogens with one attached hydrogen (secondary N) is 2. The number of aromatic nitrogens is 4. The molecule has 1 saturated heterocycles. The van der Waals surface area contributed by atoms with E-state index >= 15 is 0 Å². The number of aldehydes is 1. The lowest BCUT2D eigenvalue weighted by atomic mass is 10.2. The molecule has 4 heterocycles. The predicted molar refractivity (Wildman–Crippen MR) is 137 cm³/mol. The van der Waals surface area contributed by atoms with E-state index in [4.69, 9.17) is 0 Å². The summed E-state index contributed by atoms with van der Waals surface area (Å²) in [4.78, 5) is 22.2. The van der Waals surface area contributed by atoms with E-state index in [1.54, 1.807) is 12.4 Å². The number of carbonyl (C=O) groups is 1. The largest absolute Gasteiger partial charge is 0.382 e. The van der Waals surface area contributed by atoms with Gasteiger partial charge >= 0.3 is 0 Å². The number of hydrogen-bond acceptors (Lipinski definition) is 9. The van der Waals surface area contributed by atoms with E-state index in [0.29, 0.717) is 22.3 Å². The maximum absolute atomic E-state index is 10.9. The Morgan fingerprint density at radius 2 is 1.94 bits per heavy atom. The number of rotatable bonds is 6. The first-order valence-electron chi connectivity index (χ1n) is 11.5. The highest BCUT2D eigenvalue weighted by atomic mass is 32.1. The molecular weight excluding hydrogens is 446 g/mol. The van der Waals surface area contributed by atoms with Gasteiger partial charge in [-0.15, -0.1) is 10.2 Å². The van der Waals surface area contributed by atoms with Crippen LogP contribution >= 0.6 is 11.3 Å². The van der Waals surface area contributed by atoms with Gasteiger partial charge < -0.3 is 15.5 Å². The van der Waals surface area contributed by atoms with Crippen molar-refractivity contribution in [1.82, 2.24) is 25.1 Å². The molecule has 1 aromatic carbocycles. The molecule has 2 N–H and O–H groups in total. The third-order valence-corrected chi connectivity index (χ3v) is 6.70. The van der Waals surface area contributed by atoms with Gasteiger partial charge in [0.25, 0.3) is 0 Å². The molecule has 6 rings (SSSR count). The number of likely N-dealkylation sites (tertiary alicyclic amines) is 1. The number of benzene rings is 1. The smallest absolute Gasteiger partial charge is 0.180 e. The summed E-state index contributed by atoms with van der Waals surface area (Å²) in [7, 11) is 2.17. The van der Waals surface area contributed by atoms with E-state index < -0.39 is 0 Å². The van der Waals surface area contributed by atoms with Crippen molar-refractivity contribution in [2.75, 3.05) is 30.8 Å². The van der Waals surface area contributed by atoms with Gasteiger partial charge in [0.05, 0.1) is 11.1 Å². The SMILES string of the molecule is CN1CCCC1.O=Cc1nnc(-c2cnc(Nc3ccc4ncccc4c3)cc2NC2CC2)s1. The van der Waals surface area contributed by atoms with Crippen molar-refractivity contribution in [2.45, 2.75) is 31.7 Å². The summed E-state index contributed by atoms with van der Waals surface area (Å²) < 4.78 is 0. The van der Waals surface area contributed by atoms with Gasteiger partial charge in [0.1, 0.15) is 5.82 Å². The van der Waals surface area contributed by atoms with Crippen molar-refractivity contribution in [3.05, 3.63) is 53.8 Å². The van der Waals surface area contributed by atoms with Crippen LogP contribution in [0.15, 0.2) is 48.8 Å². The van der Waals surface area contributed by atoms with Crippen molar-refractivity contribution in [3.63, 3.8) is 0 Å². The van der Waals surface area contributed by atoms with Crippen LogP contribution in [0.25, 0.3) is 21.5 Å². The molecule has 1 aliphatic carbocycles. The second-order valence-corrected chi connectivity index (χ2v) is 9.65. The molecular formula is C25H27N7OS. The van der Waals surface area contributed by atoms with E-state index in [9.17, 15) is 4.79 Å². The molecule has 3 aromatic heterocycles. The van der Waals surface area contributed by atoms with Crippen LogP contribution in [0.5, 0.6) is 0 Å². The van der Waals surface area contributed by atoms with E-state index in [1.807, 2.05) is 36.4 Å². The normalized spacial score (nSPS) is 15.6. The summed E-state index contributed by atoms with van der Waals surface area (Å²) in [6.07, 6.45) is 9.40. The van der Waals surface area contributed by atoms with Crippen LogP contribution in [0.2, 0.25) is 0 Å². The lowest BCUT2D eigenvalue weighted by Crippen LogP contribution is -2.10.